The Morgan fingerprint density at radius 1 is 1.30 bits per heavy atom. The third-order valence-electron chi connectivity index (χ3n) is 4.42. The summed E-state index contributed by atoms with van der Waals surface area (Å²) in [5.41, 5.74) is 2.60. The Kier molecular flexibility index (Phi) is 5.10. The average Bonchev–Trinajstić information content (AvgIpc) is 2.27. The molecule has 0 aromatic carbocycles. The van der Waals surface area contributed by atoms with Crippen LogP contribution in [0, 0.1) is 16.7 Å². The summed E-state index contributed by atoms with van der Waals surface area (Å²) in [5.74, 6) is 0.755. The van der Waals surface area contributed by atoms with Crippen LogP contribution in [-0.4, -0.2) is 17.4 Å². The monoisotopic (exact) mass is 279 g/mol. The van der Waals surface area contributed by atoms with Gasteiger partial charge in [-0.2, -0.15) is 0 Å². The van der Waals surface area contributed by atoms with Gasteiger partial charge in [-0.25, -0.2) is 0 Å². The minimum absolute atomic E-state index is 0.223. The summed E-state index contributed by atoms with van der Waals surface area (Å²) in [6, 6.07) is 0. The second-order valence-corrected chi connectivity index (χ2v) is 8.37. The van der Waals surface area contributed by atoms with E-state index in [1.54, 1.807) is 0 Å². The van der Waals surface area contributed by atoms with E-state index < -0.39 is 0 Å². The van der Waals surface area contributed by atoms with Crippen LogP contribution >= 0.6 is 0 Å². The van der Waals surface area contributed by atoms with Crippen molar-refractivity contribution in [2.45, 2.75) is 74.7 Å². The number of carbonyl (C=O) groups is 1. The molecule has 0 unspecified atom stereocenters. The van der Waals surface area contributed by atoms with E-state index in [9.17, 15) is 4.79 Å². The SMILES string of the molecule is CC1=C(N(CC(C)C)C(=O)C(C)(C)C)CCCC1(C)C. The Hall–Kier alpha value is -0.790. The zero-order chi connectivity index (χ0) is 15.7. The largest absolute Gasteiger partial charge is 0.316 e. The van der Waals surface area contributed by atoms with Gasteiger partial charge >= 0.3 is 0 Å². The molecule has 0 N–H and O–H groups in total. The molecular formula is C18H33NO. The summed E-state index contributed by atoms with van der Waals surface area (Å²) in [4.78, 5) is 14.9. The van der Waals surface area contributed by atoms with Crippen LogP contribution in [0.2, 0.25) is 0 Å². The van der Waals surface area contributed by atoms with Gasteiger partial charge in [0.1, 0.15) is 0 Å². The highest BCUT2D eigenvalue weighted by molar-refractivity contribution is 5.83. The summed E-state index contributed by atoms with van der Waals surface area (Å²) in [6.07, 6.45) is 3.46. The summed E-state index contributed by atoms with van der Waals surface area (Å²) in [6.45, 7) is 18.1. The lowest BCUT2D eigenvalue weighted by Gasteiger charge is -2.40. The highest BCUT2D eigenvalue weighted by atomic mass is 16.2. The number of amides is 1. The highest BCUT2D eigenvalue weighted by Crippen LogP contribution is 2.41. The molecule has 0 aliphatic heterocycles. The lowest BCUT2D eigenvalue weighted by atomic mass is 9.74. The zero-order valence-corrected chi connectivity index (χ0v) is 14.8. The lowest BCUT2D eigenvalue weighted by Crippen LogP contribution is -2.42. The van der Waals surface area contributed by atoms with Gasteiger partial charge in [-0.1, -0.05) is 48.5 Å². The molecule has 0 heterocycles. The summed E-state index contributed by atoms with van der Waals surface area (Å²) in [5, 5.41) is 0. The minimum Gasteiger partial charge on any atom is -0.316 e. The van der Waals surface area contributed by atoms with Crippen molar-refractivity contribution in [1.82, 2.24) is 4.90 Å². The van der Waals surface area contributed by atoms with Crippen molar-refractivity contribution in [1.29, 1.82) is 0 Å². The van der Waals surface area contributed by atoms with Crippen LogP contribution in [0.1, 0.15) is 74.7 Å². The van der Waals surface area contributed by atoms with Crippen LogP contribution in [0.15, 0.2) is 11.3 Å². The second-order valence-electron chi connectivity index (χ2n) is 8.37. The molecule has 0 saturated carbocycles. The molecular weight excluding hydrogens is 246 g/mol. The number of nitrogens with zero attached hydrogens (tertiary/aromatic N) is 1. The molecule has 0 atom stereocenters. The van der Waals surface area contributed by atoms with Gasteiger partial charge in [0.05, 0.1) is 0 Å². The maximum atomic E-state index is 12.8. The van der Waals surface area contributed by atoms with E-state index >= 15 is 0 Å². The van der Waals surface area contributed by atoms with Crippen molar-refractivity contribution < 1.29 is 4.79 Å². The van der Waals surface area contributed by atoms with Crippen LogP contribution in [-0.2, 0) is 4.79 Å². The number of hydrogen-bond acceptors (Lipinski definition) is 1. The molecule has 20 heavy (non-hydrogen) atoms. The van der Waals surface area contributed by atoms with Crippen LogP contribution in [0.5, 0.6) is 0 Å². The van der Waals surface area contributed by atoms with E-state index in [1.165, 1.54) is 24.1 Å². The van der Waals surface area contributed by atoms with Crippen molar-refractivity contribution in [3.63, 3.8) is 0 Å². The van der Waals surface area contributed by atoms with E-state index in [1.807, 2.05) is 20.8 Å². The molecule has 0 aromatic rings. The topological polar surface area (TPSA) is 20.3 Å². The molecule has 0 radical (unpaired) electrons. The van der Waals surface area contributed by atoms with Gasteiger partial charge in [0, 0.05) is 17.7 Å². The number of rotatable bonds is 3. The Morgan fingerprint density at radius 2 is 1.85 bits per heavy atom. The van der Waals surface area contributed by atoms with Gasteiger partial charge in [-0.05, 0) is 43.1 Å². The van der Waals surface area contributed by atoms with Crippen molar-refractivity contribution in [3.8, 4) is 0 Å². The first-order valence-electron chi connectivity index (χ1n) is 7.99. The van der Waals surface area contributed by atoms with E-state index in [0.29, 0.717) is 5.92 Å². The van der Waals surface area contributed by atoms with Crippen LogP contribution in [0.4, 0.5) is 0 Å². The standard InChI is InChI=1S/C18H33NO/c1-13(2)12-19(16(20)17(4,5)6)15-10-9-11-18(7,8)14(15)3/h13H,9-12H2,1-8H3. The predicted molar refractivity (Wildman–Crippen MR) is 86.3 cm³/mol. The first-order valence-corrected chi connectivity index (χ1v) is 7.99. The number of hydrogen-bond donors (Lipinski definition) is 0. The fraction of sp³-hybridized carbons (Fsp3) is 0.833. The van der Waals surface area contributed by atoms with Crippen LogP contribution in [0.25, 0.3) is 0 Å². The van der Waals surface area contributed by atoms with Crippen LogP contribution in [0.3, 0.4) is 0 Å². The first-order chi connectivity index (χ1) is 8.97. The molecule has 1 aliphatic carbocycles. The van der Waals surface area contributed by atoms with Crippen molar-refractivity contribution in [2.75, 3.05) is 6.54 Å². The van der Waals surface area contributed by atoms with Crippen molar-refractivity contribution in [2.24, 2.45) is 16.7 Å². The summed E-state index contributed by atoms with van der Waals surface area (Å²) in [7, 11) is 0. The average molecular weight is 279 g/mol. The molecule has 116 valence electrons. The van der Waals surface area contributed by atoms with Gasteiger partial charge in [0.2, 0.25) is 5.91 Å². The predicted octanol–water partition coefficient (Wildman–Crippen LogP) is 5.00. The molecule has 0 spiro atoms. The molecule has 0 bridgehead atoms. The number of allylic oxidation sites excluding steroid dienone is 2. The van der Waals surface area contributed by atoms with Gasteiger partial charge < -0.3 is 4.90 Å². The summed E-state index contributed by atoms with van der Waals surface area (Å²) >= 11 is 0. The van der Waals surface area contributed by atoms with E-state index in [4.69, 9.17) is 0 Å². The maximum absolute atomic E-state index is 12.8. The molecule has 0 saturated heterocycles. The third-order valence-corrected chi connectivity index (χ3v) is 4.42. The fourth-order valence-electron chi connectivity index (χ4n) is 2.89. The molecule has 1 amide bonds. The van der Waals surface area contributed by atoms with Crippen molar-refractivity contribution in [3.05, 3.63) is 11.3 Å². The minimum atomic E-state index is -0.316. The second kappa shape index (κ2) is 5.91. The summed E-state index contributed by atoms with van der Waals surface area (Å²) < 4.78 is 0. The molecule has 2 heteroatoms. The van der Waals surface area contributed by atoms with Crippen LogP contribution < -0.4 is 0 Å². The van der Waals surface area contributed by atoms with Gasteiger partial charge in [0.15, 0.2) is 0 Å². The lowest BCUT2D eigenvalue weighted by molar-refractivity contribution is -0.138. The van der Waals surface area contributed by atoms with Crippen molar-refractivity contribution >= 4 is 5.91 Å². The highest BCUT2D eigenvalue weighted by Gasteiger charge is 2.35. The normalized spacial score (nSPS) is 19.4. The van der Waals surface area contributed by atoms with Gasteiger partial charge in [0.25, 0.3) is 0 Å². The number of carbonyl (C=O) groups excluding carboxylic acids is 1. The Balaban J connectivity index is 3.21. The zero-order valence-electron chi connectivity index (χ0n) is 14.8. The Labute approximate surface area is 125 Å². The van der Waals surface area contributed by atoms with E-state index in [2.05, 4.69) is 39.5 Å². The smallest absolute Gasteiger partial charge is 0.232 e. The Morgan fingerprint density at radius 3 is 2.30 bits per heavy atom. The maximum Gasteiger partial charge on any atom is 0.232 e. The Bertz CT molecular complexity index is 396. The molecule has 1 rings (SSSR count). The van der Waals surface area contributed by atoms with E-state index in [0.717, 1.165) is 13.0 Å². The molecule has 0 aromatic heterocycles. The first kappa shape index (κ1) is 17.3. The quantitative estimate of drug-likeness (QED) is 0.712. The third kappa shape index (κ3) is 3.86. The van der Waals surface area contributed by atoms with E-state index in [-0.39, 0.29) is 16.7 Å². The van der Waals surface area contributed by atoms with Gasteiger partial charge in [-0.3, -0.25) is 4.79 Å². The fourth-order valence-corrected chi connectivity index (χ4v) is 2.89. The van der Waals surface area contributed by atoms with Gasteiger partial charge in [-0.15, -0.1) is 0 Å². The molecule has 2 nitrogen and oxygen atoms in total. The molecule has 0 fully saturated rings. The molecule has 1 aliphatic rings.